The first-order chi connectivity index (χ1) is 8.31. The van der Waals surface area contributed by atoms with E-state index in [1.54, 1.807) is 6.07 Å². The second kappa shape index (κ2) is 6.24. The summed E-state index contributed by atoms with van der Waals surface area (Å²) in [6.07, 6.45) is 0.102. The average Bonchev–Trinajstić information content (AvgIpc) is 2.24. The van der Waals surface area contributed by atoms with Crippen LogP contribution in [0.25, 0.3) is 0 Å². The molecule has 0 aliphatic carbocycles. The molecular weight excluding hydrogens is 372 g/mol. The van der Waals surface area contributed by atoms with E-state index in [1.165, 1.54) is 13.0 Å². The molecule has 1 aromatic rings. The maximum atomic E-state index is 11.0. The third-order valence-corrected chi connectivity index (χ3v) is 3.30. The number of nitrogens with one attached hydrogen (secondary N) is 1. The quantitative estimate of drug-likeness (QED) is 0.692. The number of phenolic OH excluding ortho intramolecular Hbond substituents is 1. The molecule has 0 saturated heterocycles. The highest BCUT2D eigenvalue weighted by Crippen LogP contribution is 2.30. The number of halogens is 2. The van der Waals surface area contributed by atoms with Gasteiger partial charge in [-0.3, -0.25) is 4.79 Å². The number of carbonyl (C=O) groups excluding carboxylic acids is 1. The topological polar surface area (TPSA) is 86.6 Å². The monoisotopic (exact) mass is 383 g/mol. The summed E-state index contributed by atoms with van der Waals surface area (Å²) >= 11 is 7.69. The van der Waals surface area contributed by atoms with Crippen LogP contribution in [0.4, 0.5) is 0 Å². The first-order valence-electron chi connectivity index (χ1n) is 4.98. The molecule has 0 radical (unpaired) electrons. The highest BCUT2D eigenvalue weighted by molar-refractivity contribution is 14.1. The van der Waals surface area contributed by atoms with Gasteiger partial charge in [-0.1, -0.05) is 11.6 Å². The zero-order chi connectivity index (χ0) is 13.9. The number of carboxylic acid groups (broad SMARTS) is 1. The Labute approximate surface area is 122 Å². The summed E-state index contributed by atoms with van der Waals surface area (Å²) < 4.78 is 0.530. The molecule has 0 aliphatic heterocycles. The van der Waals surface area contributed by atoms with Crippen LogP contribution in [-0.2, 0) is 16.0 Å². The summed E-state index contributed by atoms with van der Waals surface area (Å²) in [5.41, 5.74) is 0.628. The van der Waals surface area contributed by atoms with Crippen molar-refractivity contribution >= 4 is 46.1 Å². The molecule has 3 N–H and O–H groups in total. The lowest BCUT2D eigenvalue weighted by atomic mass is 10.1. The average molecular weight is 384 g/mol. The molecule has 0 fully saturated rings. The molecule has 7 heteroatoms. The van der Waals surface area contributed by atoms with Crippen LogP contribution in [0.1, 0.15) is 12.5 Å². The zero-order valence-electron chi connectivity index (χ0n) is 9.41. The summed E-state index contributed by atoms with van der Waals surface area (Å²) in [4.78, 5) is 21.9. The summed E-state index contributed by atoms with van der Waals surface area (Å²) in [5, 5.41) is 21.0. The summed E-state index contributed by atoms with van der Waals surface area (Å²) in [5.74, 6) is -1.57. The van der Waals surface area contributed by atoms with Gasteiger partial charge in [0.05, 0.1) is 8.59 Å². The van der Waals surface area contributed by atoms with E-state index in [2.05, 4.69) is 5.32 Å². The van der Waals surface area contributed by atoms with E-state index >= 15 is 0 Å². The van der Waals surface area contributed by atoms with E-state index in [0.717, 1.165) is 0 Å². The molecule has 1 rings (SSSR count). The van der Waals surface area contributed by atoms with Gasteiger partial charge in [0, 0.05) is 13.3 Å². The smallest absolute Gasteiger partial charge is 0.326 e. The minimum Gasteiger partial charge on any atom is -0.505 e. The van der Waals surface area contributed by atoms with Gasteiger partial charge in [0.2, 0.25) is 5.91 Å². The maximum absolute atomic E-state index is 11.0. The number of benzene rings is 1. The van der Waals surface area contributed by atoms with Gasteiger partial charge in [-0.15, -0.1) is 0 Å². The Morgan fingerprint density at radius 2 is 2.11 bits per heavy atom. The van der Waals surface area contributed by atoms with Gasteiger partial charge >= 0.3 is 5.97 Å². The third kappa shape index (κ3) is 4.02. The number of carbonyl (C=O) groups is 2. The van der Waals surface area contributed by atoms with Crippen LogP contribution in [0.15, 0.2) is 12.1 Å². The van der Waals surface area contributed by atoms with E-state index in [1.807, 2.05) is 22.6 Å². The number of carboxylic acids is 1. The molecule has 0 aromatic heterocycles. The largest absolute Gasteiger partial charge is 0.505 e. The number of hydrogen-bond donors (Lipinski definition) is 3. The van der Waals surface area contributed by atoms with E-state index in [9.17, 15) is 14.7 Å². The Morgan fingerprint density at radius 1 is 1.50 bits per heavy atom. The Kier molecular flexibility index (Phi) is 5.21. The predicted molar refractivity (Wildman–Crippen MR) is 74.8 cm³/mol. The fraction of sp³-hybridized carbons (Fsp3) is 0.273. The van der Waals surface area contributed by atoms with Crippen molar-refractivity contribution < 1.29 is 19.8 Å². The van der Waals surface area contributed by atoms with Gasteiger partial charge in [-0.25, -0.2) is 4.79 Å². The van der Waals surface area contributed by atoms with Crippen molar-refractivity contribution in [2.45, 2.75) is 19.4 Å². The molecule has 0 heterocycles. The third-order valence-electron chi connectivity index (χ3n) is 2.19. The molecule has 5 nitrogen and oxygen atoms in total. The van der Waals surface area contributed by atoms with Crippen molar-refractivity contribution in [3.05, 3.63) is 26.3 Å². The van der Waals surface area contributed by atoms with Crippen LogP contribution in [0.2, 0.25) is 5.02 Å². The maximum Gasteiger partial charge on any atom is 0.326 e. The lowest BCUT2D eigenvalue weighted by Gasteiger charge is -2.14. The predicted octanol–water partition coefficient (Wildman–Crippen LogP) is 1.78. The van der Waals surface area contributed by atoms with Gasteiger partial charge < -0.3 is 15.5 Å². The first kappa shape index (κ1) is 15.0. The van der Waals surface area contributed by atoms with Crippen molar-refractivity contribution in [3.8, 4) is 5.75 Å². The SMILES string of the molecule is CC(=O)N[C@@H](Cc1cc(Cl)c(O)c(I)c1)C(=O)O. The Balaban J connectivity index is 2.94. The standard InChI is InChI=1S/C11H11ClINO4/c1-5(15)14-9(11(17)18)4-6-2-7(12)10(16)8(13)3-6/h2-3,9,16H,4H2,1H3,(H,14,15)(H,17,18)/t9-/m0/s1. The van der Waals surface area contributed by atoms with Crippen molar-refractivity contribution in [2.24, 2.45) is 0 Å². The van der Waals surface area contributed by atoms with Crippen molar-refractivity contribution in [1.29, 1.82) is 0 Å². The Bertz CT molecular complexity index is 469. The molecule has 0 saturated carbocycles. The van der Waals surface area contributed by atoms with Crippen LogP contribution >= 0.6 is 34.2 Å². The molecule has 0 spiro atoms. The van der Waals surface area contributed by atoms with Gasteiger partial charge in [-0.05, 0) is 40.3 Å². The lowest BCUT2D eigenvalue weighted by Crippen LogP contribution is -2.41. The molecule has 1 amide bonds. The second-order valence-corrected chi connectivity index (χ2v) is 5.27. The van der Waals surface area contributed by atoms with Gasteiger partial charge in [0.15, 0.2) is 0 Å². The Hall–Kier alpha value is -1.02. The van der Waals surface area contributed by atoms with Crippen LogP contribution in [0.5, 0.6) is 5.75 Å². The number of phenols is 1. The highest BCUT2D eigenvalue weighted by atomic mass is 127. The fourth-order valence-corrected chi connectivity index (χ4v) is 2.51. The van der Waals surface area contributed by atoms with Gasteiger partial charge in [0.25, 0.3) is 0 Å². The van der Waals surface area contributed by atoms with E-state index in [4.69, 9.17) is 16.7 Å². The van der Waals surface area contributed by atoms with E-state index in [0.29, 0.717) is 9.13 Å². The van der Waals surface area contributed by atoms with Crippen molar-refractivity contribution in [2.75, 3.05) is 0 Å². The molecule has 0 bridgehead atoms. The number of amides is 1. The molecule has 1 aromatic carbocycles. The summed E-state index contributed by atoms with van der Waals surface area (Å²) in [6, 6.07) is 2.09. The number of hydrogen-bond acceptors (Lipinski definition) is 3. The van der Waals surface area contributed by atoms with Crippen LogP contribution in [0.3, 0.4) is 0 Å². The number of rotatable bonds is 4. The van der Waals surface area contributed by atoms with Crippen LogP contribution < -0.4 is 5.32 Å². The van der Waals surface area contributed by atoms with Crippen LogP contribution in [0, 0.1) is 3.57 Å². The molecule has 18 heavy (non-hydrogen) atoms. The van der Waals surface area contributed by atoms with Gasteiger partial charge in [0.1, 0.15) is 11.8 Å². The number of aliphatic carboxylic acids is 1. The molecule has 1 atom stereocenters. The minimum atomic E-state index is -1.12. The fourth-order valence-electron chi connectivity index (χ4n) is 1.42. The zero-order valence-corrected chi connectivity index (χ0v) is 12.3. The summed E-state index contributed by atoms with van der Waals surface area (Å²) in [6.45, 7) is 1.25. The molecule has 98 valence electrons. The Morgan fingerprint density at radius 3 is 2.56 bits per heavy atom. The minimum absolute atomic E-state index is 0.0348. The molecule has 0 unspecified atom stereocenters. The van der Waals surface area contributed by atoms with E-state index < -0.39 is 17.9 Å². The van der Waals surface area contributed by atoms with Crippen molar-refractivity contribution in [3.63, 3.8) is 0 Å². The normalized spacial score (nSPS) is 11.9. The first-order valence-corrected chi connectivity index (χ1v) is 6.43. The molecular formula is C11H11ClINO4. The van der Waals surface area contributed by atoms with Crippen molar-refractivity contribution in [1.82, 2.24) is 5.32 Å². The summed E-state index contributed by atoms with van der Waals surface area (Å²) in [7, 11) is 0. The molecule has 0 aliphatic rings. The van der Waals surface area contributed by atoms with E-state index in [-0.39, 0.29) is 17.2 Å². The second-order valence-electron chi connectivity index (χ2n) is 3.70. The lowest BCUT2D eigenvalue weighted by molar-refractivity contribution is -0.141. The number of aromatic hydroxyl groups is 1. The highest BCUT2D eigenvalue weighted by Gasteiger charge is 2.19. The van der Waals surface area contributed by atoms with Gasteiger partial charge in [-0.2, -0.15) is 0 Å². The van der Waals surface area contributed by atoms with Crippen LogP contribution in [-0.4, -0.2) is 28.1 Å².